The van der Waals surface area contributed by atoms with Crippen molar-refractivity contribution in [1.29, 1.82) is 0 Å². The van der Waals surface area contributed by atoms with Gasteiger partial charge >= 0.3 is 0 Å². The van der Waals surface area contributed by atoms with Crippen molar-refractivity contribution in [3.63, 3.8) is 0 Å². The smallest absolute Gasteiger partial charge is 0.122 e. The van der Waals surface area contributed by atoms with Gasteiger partial charge in [0.2, 0.25) is 0 Å². The van der Waals surface area contributed by atoms with Gasteiger partial charge in [-0.25, -0.2) is 0 Å². The second kappa shape index (κ2) is 5.71. The van der Waals surface area contributed by atoms with E-state index in [0.717, 1.165) is 30.0 Å². The number of H-pyrrole nitrogens is 1. The van der Waals surface area contributed by atoms with Crippen molar-refractivity contribution >= 4 is 0 Å². The molecule has 0 saturated heterocycles. The van der Waals surface area contributed by atoms with E-state index in [1.165, 1.54) is 11.1 Å². The summed E-state index contributed by atoms with van der Waals surface area (Å²) in [7, 11) is 0. The lowest BCUT2D eigenvalue weighted by molar-refractivity contribution is 0.318. The number of nitrogens with one attached hydrogen (secondary N) is 1. The van der Waals surface area contributed by atoms with Crippen LogP contribution < -0.4 is 4.74 Å². The molecule has 1 aromatic heterocycles. The zero-order valence-electron chi connectivity index (χ0n) is 11.3. The van der Waals surface area contributed by atoms with Crippen LogP contribution >= 0.6 is 0 Å². The van der Waals surface area contributed by atoms with E-state index in [2.05, 4.69) is 36.2 Å². The van der Waals surface area contributed by atoms with Gasteiger partial charge in [0.1, 0.15) is 5.75 Å². The molecule has 0 aliphatic heterocycles. The van der Waals surface area contributed by atoms with Gasteiger partial charge in [-0.1, -0.05) is 25.1 Å². The average Bonchev–Trinajstić information content (AvgIpc) is 2.71. The third-order valence-electron chi connectivity index (χ3n) is 3.24. The maximum Gasteiger partial charge on any atom is 0.122 e. The minimum atomic E-state index is 0.693. The Kier molecular flexibility index (Phi) is 4.03. The third kappa shape index (κ3) is 2.73. The van der Waals surface area contributed by atoms with Gasteiger partial charge < -0.3 is 4.74 Å². The molecule has 3 heteroatoms. The van der Waals surface area contributed by atoms with Crippen molar-refractivity contribution in [3.8, 4) is 5.75 Å². The molecule has 0 fully saturated rings. The zero-order chi connectivity index (χ0) is 13.0. The van der Waals surface area contributed by atoms with Crippen LogP contribution in [0.2, 0.25) is 0 Å². The van der Waals surface area contributed by atoms with E-state index in [0.29, 0.717) is 6.61 Å². The van der Waals surface area contributed by atoms with E-state index in [4.69, 9.17) is 4.74 Å². The highest BCUT2D eigenvalue weighted by molar-refractivity contribution is 5.33. The van der Waals surface area contributed by atoms with Crippen molar-refractivity contribution in [1.82, 2.24) is 10.2 Å². The van der Waals surface area contributed by atoms with Crippen LogP contribution in [0.3, 0.4) is 0 Å². The molecule has 18 heavy (non-hydrogen) atoms. The first-order valence-electron chi connectivity index (χ1n) is 6.43. The first-order valence-corrected chi connectivity index (χ1v) is 6.43. The monoisotopic (exact) mass is 244 g/mol. The summed E-state index contributed by atoms with van der Waals surface area (Å²) in [5.74, 6) is 0.999. The zero-order valence-corrected chi connectivity index (χ0v) is 11.3. The lowest BCUT2D eigenvalue weighted by atomic mass is 10.1. The Morgan fingerprint density at radius 3 is 2.67 bits per heavy atom. The highest BCUT2D eigenvalue weighted by atomic mass is 16.5. The average molecular weight is 244 g/mol. The maximum atomic E-state index is 5.87. The largest absolute Gasteiger partial charge is 0.493 e. The van der Waals surface area contributed by atoms with Gasteiger partial charge in [0.15, 0.2) is 0 Å². The van der Waals surface area contributed by atoms with Crippen molar-refractivity contribution in [2.45, 2.75) is 33.6 Å². The van der Waals surface area contributed by atoms with Crippen molar-refractivity contribution in [2.24, 2.45) is 0 Å². The minimum Gasteiger partial charge on any atom is -0.493 e. The van der Waals surface area contributed by atoms with Gasteiger partial charge in [0.25, 0.3) is 0 Å². The highest BCUT2D eigenvalue weighted by Crippen LogP contribution is 2.19. The fourth-order valence-electron chi connectivity index (χ4n) is 2.14. The van der Waals surface area contributed by atoms with Gasteiger partial charge in [-0.2, -0.15) is 5.10 Å². The predicted molar refractivity (Wildman–Crippen MR) is 73.1 cm³/mol. The second-order valence-corrected chi connectivity index (χ2v) is 4.47. The summed E-state index contributed by atoms with van der Waals surface area (Å²) < 4.78 is 5.87. The number of ether oxygens (including phenoxy) is 1. The SMILES string of the molecule is CCc1ccccc1OCCc1c(C)n[nH]c1C. The van der Waals surface area contributed by atoms with E-state index in [-0.39, 0.29) is 0 Å². The summed E-state index contributed by atoms with van der Waals surface area (Å²) in [6.07, 6.45) is 1.89. The van der Waals surface area contributed by atoms with Crippen LogP contribution in [0.1, 0.15) is 29.4 Å². The molecule has 0 unspecified atom stereocenters. The Morgan fingerprint density at radius 2 is 2.00 bits per heavy atom. The Labute approximate surface area is 108 Å². The quantitative estimate of drug-likeness (QED) is 0.877. The van der Waals surface area contributed by atoms with Gasteiger partial charge in [0.05, 0.1) is 12.3 Å². The minimum absolute atomic E-state index is 0.693. The maximum absolute atomic E-state index is 5.87. The number of nitrogens with zero attached hydrogens (tertiary/aromatic N) is 1. The number of hydrogen-bond donors (Lipinski definition) is 1. The van der Waals surface area contributed by atoms with Gasteiger partial charge in [0, 0.05) is 12.1 Å². The molecule has 0 aliphatic carbocycles. The van der Waals surface area contributed by atoms with Gasteiger partial charge in [-0.15, -0.1) is 0 Å². The summed E-state index contributed by atoms with van der Waals surface area (Å²) in [6, 6.07) is 8.22. The first kappa shape index (κ1) is 12.7. The molecular formula is C15H20N2O. The van der Waals surface area contributed by atoms with E-state index >= 15 is 0 Å². The first-order chi connectivity index (χ1) is 8.72. The van der Waals surface area contributed by atoms with Gasteiger partial charge in [-0.05, 0) is 37.5 Å². The molecule has 0 bridgehead atoms. The number of aromatic nitrogens is 2. The van der Waals surface area contributed by atoms with Crippen LogP contribution in [0.15, 0.2) is 24.3 Å². The molecule has 1 aromatic carbocycles. The molecule has 96 valence electrons. The van der Waals surface area contributed by atoms with E-state index in [9.17, 15) is 0 Å². The Morgan fingerprint density at radius 1 is 1.22 bits per heavy atom. The van der Waals surface area contributed by atoms with E-state index < -0.39 is 0 Å². The van der Waals surface area contributed by atoms with Crippen LogP contribution in [0.5, 0.6) is 5.75 Å². The lowest BCUT2D eigenvalue weighted by Crippen LogP contribution is -2.04. The summed E-state index contributed by atoms with van der Waals surface area (Å²) in [4.78, 5) is 0. The molecule has 2 rings (SSSR count). The molecule has 0 radical (unpaired) electrons. The van der Waals surface area contributed by atoms with Crippen molar-refractivity contribution in [3.05, 3.63) is 46.8 Å². The fraction of sp³-hybridized carbons (Fsp3) is 0.400. The van der Waals surface area contributed by atoms with Crippen molar-refractivity contribution in [2.75, 3.05) is 6.61 Å². The number of hydrogen-bond acceptors (Lipinski definition) is 2. The molecule has 0 spiro atoms. The number of para-hydroxylation sites is 1. The third-order valence-corrected chi connectivity index (χ3v) is 3.24. The molecule has 2 aromatic rings. The van der Waals surface area contributed by atoms with Crippen LogP contribution in [0.4, 0.5) is 0 Å². The standard InChI is InChI=1S/C15H20N2O/c1-4-13-7-5-6-8-15(13)18-10-9-14-11(2)16-17-12(14)3/h5-8H,4,9-10H2,1-3H3,(H,16,17). The molecular weight excluding hydrogens is 224 g/mol. The molecule has 3 nitrogen and oxygen atoms in total. The van der Waals surface area contributed by atoms with E-state index in [1.807, 2.05) is 19.1 Å². The summed E-state index contributed by atoms with van der Waals surface area (Å²) in [6.45, 7) is 6.92. The van der Waals surface area contributed by atoms with Crippen molar-refractivity contribution < 1.29 is 4.74 Å². The Balaban J connectivity index is 1.96. The molecule has 0 aliphatic rings. The topological polar surface area (TPSA) is 37.9 Å². The predicted octanol–water partition coefficient (Wildman–Crippen LogP) is 3.21. The summed E-state index contributed by atoms with van der Waals surface area (Å²) >= 11 is 0. The summed E-state index contributed by atoms with van der Waals surface area (Å²) in [5, 5.41) is 7.20. The molecule has 1 heterocycles. The number of rotatable bonds is 5. The molecule has 0 amide bonds. The highest BCUT2D eigenvalue weighted by Gasteiger charge is 2.07. The van der Waals surface area contributed by atoms with Crippen LogP contribution in [-0.2, 0) is 12.8 Å². The molecule has 0 atom stereocenters. The Bertz CT molecular complexity index is 497. The molecule has 1 N–H and O–H groups in total. The molecule has 0 saturated carbocycles. The number of benzene rings is 1. The van der Waals surface area contributed by atoms with E-state index in [1.54, 1.807) is 0 Å². The lowest BCUT2D eigenvalue weighted by Gasteiger charge is -2.10. The number of aromatic amines is 1. The van der Waals surface area contributed by atoms with Gasteiger partial charge in [-0.3, -0.25) is 5.10 Å². The Hall–Kier alpha value is -1.77. The summed E-state index contributed by atoms with van der Waals surface area (Å²) in [5.41, 5.74) is 4.74. The fourth-order valence-corrected chi connectivity index (χ4v) is 2.14. The van der Waals surface area contributed by atoms with Crippen LogP contribution in [0, 0.1) is 13.8 Å². The van der Waals surface area contributed by atoms with Crippen LogP contribution in [0.25, 0.3) is 0 Å². The normalized spacial score (nSPS) is 10.6. The second-order valence-electron chi connectivity index (χ2n) is 4.47. The van der Waals surface area contributed by atoms with Crippen LogP contribution in [-0.4, -0.2) is 16.8 Å². The number of aryl methyl sites for hydroxylation is 3.